The molecule has 1 spiro atoms. The number of fused-ring (bicyclic) bond motifs is 2. The molecule has 0 saturated carbocycles. The Labute approximate surface area is 243 Å². The van der Waals surface area contributed by atoms with Gasteiger partial charge in [-0.15, -0.1) is 0 Å². The number of benzene rings is 3. The predicted molar refractivity (Wildman–Crippen MR) is 156 cm³/mol. The molecule has 3 amide bonds. The Kier molecular flexibility index (Phi) is 7.29. The third kappa shape index (κ3) is 4.93. The summed E-state index contributed by atoms with van der Waals surface area (Å²) in [6, 6.07) is 15.2. The number of ether oxygens (including phenoxy) is 1. The molecule has 0 aliphatic carbocycles. The largest absolute Gasteiger partial charge is 0.495 e. The monoisotopic (exact) mass is 578 g/mol. The molecule has 0 bridgehead atoms. The molecule has 5 rings (SSSR count). The molecule has 3 unspecified atom stereocenters. The number of nitrogens with zero attached hydrogens (tertiary/aromatic N) is 1. The summed E-state index contributed by atoms with van der Waals surface area (Å²) in [5.41, 5.74) is 6.00. The molecule has 3 atom stereocenters. The number of methoxy groups -OCH3 is 1. The predicted octanol–water partition coefficient (Wildman–Crippen LogP) is 5.31. The maximum absolute atomic E-state index is 15.3. The number of carbonyl (C=O) groups is 3. The van der Waals surface area contributed by atoms with Crippen molar-refractivity contribution in [3.63, 3.8) is 0 Å². The van der Waals surface area contributed by atoms with Crippen molar-refractivity contribution in [1.82, 2.24) is 5.32 Å². The van der Waals surface area contributed by atoms with Crippen LogP contribution in [0.1, 0.15) is 49.5 Å². The van der Waals surface area contributed by atoms with Gasteiger partial charge in [-0.25, -0.2) is 4.39 Å². The van der Waals surface area contributed by atoms with E-state index in [0.717, 1.165) is 5.56 Å². The van der Waals surface area contributed by atoms with E-state index in [9.17, 15) is 14.4 Å². The van der Waals surface area contributed by atoms with Crippen LogP contribution in [0.3, 0.4) is 0 Å². The number of para-hydroxylation sites is 1. The highest BCUT2D eigenvalue weighted by Gasteiger charge is 2.62. The van der Waals surface area contributed by atoms with Gasteiger partial charge in [-0.1, -0.05) is 56.6 Å². The second kappa shape index (κ2) is 10.5. The summed E-state index contributed by atoms with van der Waals surface area (Å²) < 4.78 is 20.7. The number of hydrogen-bond donors (Lipinski definition) is 3. The van der Waals surface area contributed by atoms with Crippen molar-refractivity contribution in [3.8, 4) is 5.75 Å². The zero-order valence-electron chi connectivity index (χ0n) is 23.3. The second-order valence-electron chi connectivity index (χ2n) is 11.7. The van der Waals surface area contributed by atoms with Gasteiger partial charge >= 0.3 is 0 Å². The van der Waals surface area contributed by atoms with Crippen molar-refractivity contribution in [3.05, 3.63) is 82.6 Å². The van der Waals surface area contributed by atoms with Gasteiger partial charge in [-0.2, -0.15) is 0 Å². The van der Waals surface area contributed by atoms with Crippen molar-refractivity contribution in [2.24, 2.45) is 11.1 Å². The fourth-order valence-corrected chi connectivity index (χ4v) is 6.17. The van der Waals surface area contributed by atoms with E-state index in [1.54, 1.807) is 24.3 Å². The van der Waals surface area contributed by atoms with Crippen LogP contribution in [0.15, 0.2) is 60.7 Å². The lowest BCUT2D eigenvalue weighted by molar-refractivity contribution is -0.123. The number of primary amides is 1. The van der Waals surface area contributed by atoms with Gasteiger partial charge in [-0.3, -0.25) is 19.3 Å². The summed E-state index contributed by atoms with van der Waals surface area (Å²) in [6.45, 7) is 6.21. The van der Waals surface area contributed by atoms with Crippen LogP contribution in [0.25, 0.3) is 0 Å². The molecule has 2 aliphatic heterocycles. The standard InChI is InChI=1S/C31H32ClFN4O4/c1-30(2,3)16-25-31(15-21(35-25)28(39)36-20-13-12-17(27(34)38)14-24(20)41-4)18-8-5-6-10-22(18)37(29(31)40)23-11-7-9-19(32)26(23)33/h5-14,21,25,35H,15-16H2,1-4H3,(H2,34,38)(H,36,39). The Hall–Kier alpha value is -3.95. The van der Waals surface area contributed by atoms with Gasteiger partial charge in [0.05, 0.1) is 40.7 Å². The summed E-state index contributed by atoms with van der Waals surface area (Å²) in [6.07, 6.45) is 0.717. The molecule has 4 N–H and O–H groups in total. The highest BCUT2D eigenvalue weighted by Crippen LogP contribution is 2.54. The van der Waals surface area contributed by atoms with Crippen molar-refractivity contribution in [2.45, 2.75) is 51.1 Å². The van der Waals surface area contributed by atoms with Crippen LogP contribution in [-0.2, 0) is 15.0 Å². The lowest BCUT2D eigenvalue weighted by Gasteiger charge is -2.34. The van der Waals surface area contributed by atoms with Crippen molar-refractivity contribution in [1.29, 1.82) is 0 Å². The van der Waals surface area contributed by atoms with E-state index >= 15 is 4.39 Å². The summed E-state index contributed by atoms with van der Waals surface area (Å²) >= 11 is 6.11. The number of nitrogens with two attached hydrogens (primary N) is 1. The van der Waals surface area contributed by atoms with Crippen LogP contribution in [0.4, 0.5) is 21.5 Å². The molecular weight excluding hydrogens is 547 g/mol. The van der Waals surface area contributed by atoms with Gasteiger partial charge in [-0.05, 0) is 60.2 Å². The zero-order valence-corrected chi connectivity index (χ0v) is 24.0. The Morgan fingerprint density at radius 3 is 2.54 bits per heavy atom. The Morgan fingerprint density at radius 2 is 1.85 bits per heavy atom. The van der Waals surface area contributed by atoms with Gasteiger partial charge in [0.25, 0.3) is 0 Å². The number of amides is 3. The minimum absolute atomic E-state index is 0.0634. The van der Waals surface area contributed by atoms with Gasteiger partial charge in [0.15, 0.2) is 5.82 Å². The first kappa shape index (κ1) is 28.6. The molecule has 0 radical (unpaired) electrons. The van der Waals surface area contributed by atoms with E-state index in [4.69, 9.17) is 22.1 Å². The highest BCUT2D eigenvalue weighted by atomic mass is 35.5. The Balaban J connectivity index is 1.56. The number of hydrogen-bond acceptors (Lipinski definition) is 5. The van der Waals surface area contributed by atoms with Crippen LogP contribution >= 0.6 is 11.6 Å². The van der Waals surface area contributed by atoms with Crippen molar-refractivity contribution in [2.75, 3.05) is 17.3 Å². The van der Waals surface area contributed by atoms with Gasteiger partial charge in [0.2, 0.25) is 17.7 Å². The molecular formula is C31H32ClFN4O4. The zero-order chi connectivity index (χ0) is 29.7. The van der Waals surface area contributed by atoms with E-state index in [1.807, 2.05) is 12.1 Å². The maximum atomic E-state index is 15.3. The summed E-state index contributed by atoms with van der Waals surface area (Å²) in [7, 11) is 1.43. The molecule has 41 heavy (non-hydrogen) atoms. The van der Waals surface area contributed by atoms with Gasteiger partial charge in [0, 0.05) is 11.6 Å². The lowest BCUT2D eigenvalue weighted by Crippen LogP contribution is -2.49. The van der Waals surface area contributed by atoms with Crippen LogP contribution in [0.2, 0.25) is 5.02 Å². The number of halogens is 2. The minimum atomic E-state index is -1.14. The van der Waals surface area contributed by atoms with Crippen molar-refractivity contribution >= 4 is 46.4 Å². The normalized spacial score (nSPS) is 21.7. The summed E-state index contributed by atoms with van der Waals surface area (Å²) in [5.74, 6) is -1.72. The molecule has 3 aromatic rings. The molecule has 214 valence electrons. The molecule has 1 fully saturated rings. The number of rotatable bonds is 6. The fourth-order valence-electron chi connectivity index (χ4n) is 6.00. The number of anilines is 3. The summed E-state index contributed by atoms with van der Waals surface area (Å²) in [5, 5.41) is 6.23. The second-order valence-corrected chi connectivity index (χ2v) is 12.1. The number of carbonyl (C=O) groups excluding carboxylic acids is 3. The average Bonchev–Trinajstić information content (AvgIpc) is 3.41. The van der Waals surface area contributed by atoms with E-state index < -0.39 is 29.2 Å². The maximum Gasteiger partial charge on any atom is 0.248 e. The smallest absolute Gasteiger partial charge is 0.248 e. The first-order valence-corrected chi connectivity index (χ1v) is 13.7. The third-order valence-electron chi connectivity index (χ3n) is 7.78. The van der Waals surface area contributed by atoms with Gasteiger partial charge < -0.3 is 21.1 Å². The first-order chi connectivity index (χ1) is 19.4. The van der Waals surface area contributed by atoms with Crippen LogP contribution in [0, 0.1) is 11.2 Å². The van der Waals surface area contributed by atoms with E-state index in [-0.39, 0.29) is 45.7 Å². The average molecular weight is 579 g/mol. The van der Waals surface area contributed by atoms with Crippen molar-refractivity contribution < 1.29 is 23.5 Å². The highest BCUT2D eigenvalue weighted by molar-refractivity contribution is 6.31. The lowest BCUT2D eigenvalue weighted by atomic mass is 9.70. The van der Waals surface area contributed by atoms with E-state index in [2.05, 4.69) is 31.4 Å². The SMILES string of the molecule is COc1cc(C(N)=O)ccc1NC(=O)C1CC2(C(=O)N(c3cccc(Cl)c3F)c3ccccc32)C(CC(C)(C)C)N1. The fraction of sp³-hybridized carbons (Fsp3) is 0.323. The van der Waals surface area contributed by atoms with E-state index in [1.165, 1.54) is 36.3 Å². The first-order valence-electron chi connectivity index (χ1n) is 13.3. The Bertz CT molecular complexity index is 1560. The molecule has 1 saturated heterocycles. The number of nitrogens with one attached hydrogen (secondary N) is 2. The topological polar surface area (TPSA) is 114 Å². The quantitative estimate of drug-likeness (QED) is 0.367. The van der Waals surface area contributed by atoms with Crippen LogP contribution in [-0.4, -0.2) is 36.9 Å². The molecule has 0 aromatic heterocycles. The van der Waals surface area contributed by atoms with Gasteiger partial charge in [0.1, 0.15) is 5.75 Å². The van der Waals surface area contributed by atoms with Crippen LogP contribution < -0.4 is 26.0 Å². The molecule has 2 heterocycles. The summed E-state index contributed by atoms with van der Waals surface area (Å²) in [4.78, 5) is 41.3. The molecule has 10 heteroatoms. The third-order valence-corrected chi connectivity index (χ3v) is 8.07. The Morgan fingerprint density at radius 1 is 1.15 bits per heavy atom. The molecule has 3 aromatic carbocycles. The molecule has 8 nitrogen and oxygen atoms in total. The molecule has 2 aliphatic rings. The van der Waals surface area contributed by atoms with E-state index in [0.29, 0.717) is 17.8 Å². The van der Waals surface area contributed by atoms with Crippen LogP contribution in [0.5, 0.6) is 5.75 Å². The minimum Gasteiger partial charge on any atom is -0.495 e.